The molecule has 0 aliphatic heterocycles. The number of hydrogen-bond acceptors (Lipinski definition) is 4. The van der Waals surface area contributed by atoms with E-state index >= 15 is 0 Å². The van der Waals surface area contributed by atoms with Crippen LogP contribution in [-0.2, 0) is 9.53 Å². The van der Waals surface area contributed by atoms with Gasteiger partial charge in [-0.1, -0.05) is 24.4 Å². The molecule has 6 nitrogen and oxygen atoms in total. The zero-order chi connectivity index (χ0) is 21.1. The third-order valence-electron chi connectivity index (χ3n) is 5.30. The number of nitriles is 1. The lowest BCUT2D eigenvalue weighted by Gasteiger charge is -2.19. The van der Waals surface area contributed by atoms with E-state index in [4.69, 9.17) is 16.3 Å². The molecule has 0 saturated heterocycles. The number of carbonyl (C=O) groups excluding carboxylic acids is 2. The number of hydrogen-bond donors (Lipinski definition) is 1. The number of aromatic nitrogens is 1. The fourth-order valence-corrected chi connectivity index (χ4v) is 3.90. The molecule has 29 heavy (non-hydrogen) atoms. The minimum absolute atomic E-state index is 0.152. The van der Waals surface area contributed by atoms with Crippen LogP contribution in [0.4, 0.5) is 10.2 Å². The molecule has 2 aromatic rings. The van der Waals surface area contributed by atoms with Gasteiger partial charge in [-0.3, -0.25) is 4.79 Å². The van der Waals surface area contributed by atoms with Gasteiger partial charge in [0, 0.05) is 16.8 Å². The van der Waals surface area contributed by atoms with Crippen molar-refractivity contribution in [3.8, 4) is 6.07 Å². The summed E-state index contributed by atoms with van der Waals surface area (Å²) in [7, 11) is 0. The molecule has 1 heterocycles. The summed E-state index contributed by atoms with van der Waals surface area (Å²) in [6, 6.07) is 5.93. The number of carbonyl (C=O) groups is 2. The van der Waals surface area contributed by atoms with E-state index < -0.39 is 24.3 Å². The van der Waals surface area contributed by atoms with Gasteiger partial charge in [0.2, 0.25) is 0 Å². The number of nitrogens with one attached hydrogen (secondary N) is 1. The molecule has 0 unspecified atom stereocenters. The van der Waals surface area contributed by atoms with Crippen molar-refractivity contribution in [1.29, 1.82) is 5.26 Å². The number of amides is 1. The summed E-state index contributed by atoms with van der Waals surface area (Å²) in [6.07, 6.45) is 4.16. The number of esters is 1. The van der Waals surface area contributed by atoms with Crippen LogP contribution < -0.4 is 5.32 Å². The van der Waals surface area contributed by atoms with Crippen LogP contribution in [0.5, 0.6) is 0 Å². The molecule has 0 bridgehead atoms. The Morgan fingerprint density at radius 3 is 2.66 bits per heavy atom. The lowest BCUT2D eigenvalue weighted by atomic mass is 10.2. The van der Waals surface area contributed by atoms with E-state index in [1.807, 2.05) is 18.4 Å². The highest BCUT2D eigenvalue weighted by atomic mass is 35.5. The molecule has 152 valence electrons. The molecule has 1 fully saturated rings. The van der Waals surface area contributed by atoms with E-state index in [-0.39, 0.29) is 16.6 Å². The average Bonchev–Trinajstić information content (AvgIpc) is 3.27. The second-order valence-corrected chi connectivity index (χ2v) is 7.54. The summed E-state index contributed by atoms with van der Waals surface area (Å²) >= 11 is 5.67. The van der Waals surface area contributed by atoms with Crippen LogP contribution in [0.15, 0.2) is 18.2 Å². The van der Waals surface area contributed by atoms with E-state index in [1.54, 1.807) is 0 Å². The molecular formula is C21H21ClFN3O3. The summed E-state index contributed by atoms with van der Waals surface area (Å²) in [4.78, 5) is 24.5. The molecule has 1 saturated carbocycles. The van der Waals surface area contributed by atoms with E-state index in [0.29, 0.717) is 11.4 Å². The third kappa shape index (κ3) is 4.28. The minimum atomic E-state index is -0.964. The van der Waals surface area contributed by atoms with Gasteiger partial charge in [-0.05, 0) is 50.5 Å². The number of ether oxygens (including phenoxy) is 1. The molecule has 1 aromatic heterocycles. The molecule has 1 N–H and O–H groups in total. The van der Waals surface area contributed by atoms with Crippen molar-refractivity contribution in [1.82, 2.24) is 4.57 Å². The Hall–Kier alpha value is -2.85. The lowest BCUT2D eigenvalue weighted by molar-refractivity contribution is -0.119. The molecule has 8 heteroatoms. The third-order valence-corrected chi connectivity index (χ3v) is 5.54. The normalized spacial score (nSPS) is 13.9. The molecule has 0 atom stereocenters. The topological polar surface area (TPSA) is 84.1 Å². The largest absolute Gasteiger partial charge is 0.452 e. The first-order chi connectivity index (χ1) is 13.8. The SMILES string of the molecule is Cc1c(C#N)c(NC(=O)COC(=O)c2ccc(Cl)cc2F)n(C2CCCC2)c1C. The summed E-state index contributed by atoms with van der Waals surface area (Å²) in [5.41, 5.74) is 1.85. The van der Waals surface area contributed by atoms with E-state index in [2.05, 4.69) is 11.4 Å². The van der Waals surface area contributed by atoms with Crippen molar-refractivity contribution in [3.05, 3.63) is 51.4 Å². The number of anilines is 1. The maximum Gasteiger partial charge on any atom is 0.341 e. The Balaban J connectivity index is 1.74. The smallest absolute Gasteiger partial charge is 0.341 e. The summed E-state index contributed by atoms with van der Waals surface area (Å²) in [6.45, 7) is 3.17. The summed E-state index contributed by atoms with van der Waals surface area (Å²) in [5, 5.41) is 12.4. The van der Waals surface area contributed by atoms with Crippen LogP contribution >= 0.6 is 11.6 Å². The molecule has 3 rings (SSSR count). The van der Waals surface area contributed by atoms with Gasteiger partial charge in [0.05, 0.1) is 11.1 Å². The Morgan fingerprint density at radius 2 is 2.03 bits per heavy atom. The number of benzene rings is 1. The highest BCUT2D eigenvalue weighted by Gasteiger charge is 2.27. The monoisotopic (exact) mass is 417 g/mol. The van der Waals surface area contributed by atoms with E-state index in [9.17, 15) is 19.2 Å². The Bertz CT molecular complexity index is 1000. The predicted molar refractivity (Wildman–Crippen MR) is 106 cm³/mol. The number of rotatable bonds is 5. The first kappa shape index (κ1) is 20.9. The quantitative estimate of drug-likeness (QED) is 0.716. The minimum Gasteiger partial charge on any atom is -0.452 e. The number of halogens is 2. The van der Waals surface area contributed by atoms with Crippen LogP contribution in [0, 0.1) is 31.0 Å². The standard InChI is InChI=1S/C21H21ClFN3O3/c1-12-13(2)26(15-5-3-4-6-15)20(17(12)10-24)25-19(27)11-29-21(28)16-8-7-14(22)9-18(16)23/h7-9,15H,3-6,11H2,1-2H3,(H,25,27). The fourth-order valence-electron chi connectivity index (χ4n) is 3.74. The zero-order valence-electron chi connectivity index (χ0n) is 16.2. The van der Waals surface area contributed by atoms with Gasteiger partial charge >= 0.3 is 5.97 Å². The predicted octanol–water partition coefficient (Wildman–Crippen LogP) is 4.68. The first-order valence-electron chi connectivity index (χ1n) is 9.37. The van der Waals surface area contributed by atoms with Crippen molar-refractivity contribution in [2.75, 3.05) is 11.9 Å². The molecule has 0 radical (unpaired) electrons. The van der Waals surface area contributed by atoms with Crippen LogP contribution in [0.3, 0.4) is 0 Å². The fraction of sp³-hybridized carbons (Fsp3) is 0.381. The van der Waals surface area contributed by atoms with Gasteiger partial charge in [0.25, 0.3) is 5.91 Å². The van der Waals surface area contributed by atoms with Crippen molar-refractivity contribution in [3.63, 3.8) is 0 Å². The summed E-state index contributed by atoms with van der Waals surface area (Å²) in [5.74, 6) is -1.96. The van der Waals surface area contributed by atoms with Gasteiger partial charge in [-0.15, -0.1) is 0 Å². The van der Waals surface area contributed by atoms with Crippen LogP contribution in [0.1, 0.15) is 58.9 Å². The summed E-state index contributed by atoms with van der Waals surface area (Å²) < 4.78 is 20.8. The van der Waals surface area contributed by atoms with Crippen molar-refractivity contribution in [2.24, 2.45) is 0 Å². The second kappa shape index (κ2) is 8.66. The Kier molecular flexibility index (Phi) is 6.23. The highest BCUT2D eigenvalue weighted by Crippen LogP contribution is 2.37. The average molecular weight is 418 g/mol. The Labute approximate surface area is 173 Å². The number of nitrogens with zero attached hydrogens (tertiary/aromatic N) is 2. The lowest BCUT2D eigenvalue weighted by Crippen LogP contribution is -2.24. The molecular weight excluding hydrogens is 397 g/mol. The van der Waals surface area contributed by atoms with Crippen molar-refractivity contribution in [2.45, 2.75) is 45.6 Å². The van der Waals surface area contributed by atoms with Gasteiger partial charge in [0.15, 0.2) is 6.61 Å². The maximum atomic E-state index is 13.8. The molecule has 1 aliphatic carbocycles. The van der Waals surface area contributed by atoms with Gasteiger partial charge in [-0.25, -0.2) is 9.18 Å². The van der Waals surface area contributed by atoms with Crippen molar-refractivity contribution >= 4 is 29.3 Å². The van der Waals surface area contributed by atoms with Crippen LogP contribution in [-0.4, -0.2) is 23.1 Å². The van der Waals surface area contributed by atoms with Crippen LogP contribution in [0.25, 0.3) is 0 Å². The van der Waals surface area contributed by atoms with Crippen LogP contribution in [0.2, 0.25) is 5.02 Å². The highest BCUT2D eigenvalue weighted by molar-refractivity contribution is 6.30. The van der Waals surface area contributed by atoms with E-state index in [0.717, 1.165) is 43.0 Å². The molecule has 1 amide bonds. The molecule has 1 aliphatic rings. The van der Waals surface area contributed by atoms with Gasteiger partial charge in [0.1, 0.15) is 17.7 Å². The van der Waals surface area contributed by atoms with Gasteiger partial charge in [-0.2, -0.15) is 5.26 Å². The maximum absolute atomic E-state index is 13.8. The zero-order valence-corrected chi connectivity index (χ0v) is 17.0. The second-order valence-electron chi connectivity index (χ2n) is 7.10. The molecule has 1 aromatic carbocycles. The van der Waals surface area contributed by atoms with E-state index in [1.165, 1.54) is 12.1 Å². The van der Waals surface area contributed by atoms with Gasteiger partial charge < -0.3 is 14.6 Å². The molecule has 0 spiro atoms. The Morgan fingerprint density at radius 1 is 1.34 bits per heavy atom. The first-order valence-corrected chi connectivity index (χ1v) is 9.74. The van der Waals surface area contributed by atoms with Crippen molar-refractivity contribution < 1.29 is 18.7 Å².